The number of ketones is 2. The van der Waals surface area contributed by atoms with Crippen LogP contribution in [0, 0.1) is 17.8 Å². The first-order valence-electron chi connectivity index (χ1n) is 26.5. The predicted molar refractivity (Wildman–Crippen MR) is 282 cm³/mol. The first-order chi connectivity index (χ1) is 35.6. The third-order valence-electron chi connectivity index (χ3n) is 13.5. The number of hydrogen-bond donors (Lipinski definition) is 7. The topological polar surface area (TPSA) is 298 Å². The summed E-state index contributed by atoms with van der Waals surface area (Å²) < 4.78 is 28.9. The number of rotatable bonds is 30. The van der Waals surface area contributed by atoms with Crippen LogP contribution in [0.5, 0.6) is 0 Å². The van der Waals surface area contributed by atoms with Crippen LogP contribution in [0.25, 0.3) is 0 Å². The van der Waals surface area contributed by atoms with Crippen molar-refractivity contribution in [1.29, 1.82) is 0 Å². The molecule has 3 heterocycles. The molecule has 3 aliphatic heterocycles. The highest BCUT2D eigenvalue weighted by molar-refractivity contribution is 5.97. The van der Waals surface area contributed by atoms with Crippen LogP contribution in [0.3, 0.4) is 0 Å². The molecule has 1 aromatic carbocycles. The van der Waals surface area contributed by atoms with Crippen molar-refractivity contribution >= 4 is 53.1 Å². The van der Waals surface area contributed by atoms with Gasteiger partial charge in [-0.15, -0.1) is 0 Å². The molecule has 0 unspecified atom stereocenters. The van der Waals surface area contributed by atoms with Gasteiger partial charge in [0.15, 0.2) is 11.6 Å². The van der Waals surface area contributed by atoms with E-state index in [1.54, 1.807) is 37.3 Å². The zero-order valence-corrected chi connectivity index (χ0v) is 45.0. The minimum atomic E-state index is -0.776. The molecule has 0 radical (unpaired) electrons. The second-order valence-electron chi connectivity index (χ2n) is 20.6. The van der Waals surface area contributed by atoms with Gasteiger partial charge in [0.2, 0.25) is 17.7 Å². The Kier molecular flexibility index (Phi) is 25.6. The van der Waals surface area contributed by atoms with Gasteiger partial charge in [-0.2, -0.15) is 0 Å². The van der Waals surface area contributed by atoms with Crippen LogP contribution in [0.4, 0.5) is 15.3 Å². The SMILES string of the molecule is CC(=O)O[C@@H](C)/C=C\C(=O)N[C@@H]1C[C@H](C)[C@H](C/C=C(C)/C=C/[C@@H]2C[C@]3(CO3)C[C@@H](CC(=O)CNC(=O)OCc3ccc(NC(=O)[C@H](CCCNC(N)=O)CC(=O)[C@@H](NC(=O)CCCCCN)C(C)C)cc3)O2)O[C@@H]1C. The molecule has 3 saturated heterocycles. The van der Waals surface area contributed by atoms with Crippen LogP contribution in [0.1, 0.15) is 131 Å². The fraction of sp³-hybridized carbons (Fsp3) is 0.636. The summed E-state index contributed by atoms with van der Waals surface area (Å²) >= 11 is 0. The Hall–Kier alpha value is -5.96. The highest BCUT2D eigenvalue weighted by Gasteiger charge is 2.51. The smallest absolute Gasteiger partial charge is 0.407 e. The van der Waals surface area contributed by atoms with Crippen molar-refractivity contribution in [1.82, 2.24) is 21.3 Å². The van der Waals surface area contributed by atoms with E-state index in [-0.39, 0.29) is 111 Å². The average Bonchev–Trinajstić information content (AvgIpc) is 4.09. The maximum Gasteiger partial charge on any atom is 0.407 e. The Balaban J connectivity index is 1.20. The van der Waals surface area contributed by atoms with E-state index < -0.39 is 48.2 Å². The van der Waals surface area contributed by atoms with E-state index in [4.69, 9.17) is 35.2 Å². The summed E-state index contributed by atoms with van der Waals surface area (Å²) in [7, 11) is 0. The number of allylic oxidation sites excluding steroid dienone is 2. The summed E-state index contributed by atoms with van der Waals surface area (Å²) in [5.74, 6) is -2.61. The molecule has 1 aromatic rings. The molecular formula is C55H83N7O13. The average molecular weight is 1050 g/mol. The normalized spacial score (nSPS) is 23.7. The molecule has 0 saturated carbocycles. The van der Waals surface area contributed by atoms with E-state index in [1.807, 2.05) is 39.8 Å². The van der Waals surface area contributed by atoms with Gasteiger partial charge in [0, 0.05) is 63.3 Å². The lowest BCUT2D eigenvalue weighted by Gasteiger charge is -2.39. The summed E-state index contributed by atoms with van der Waals surface area (Å²) in [6.07, 6.45) is 12.7. The van der Waals surface area contributed by atoms with Gasteiger partial charge < -0.3 is 61.7 Å². The van der Waals surface area contributed by atoms with Crippen molar-refractivity contribution in [3.05, 3.63) is 65.8 Å². The molecule has 10 atom stereocenters. The summed E-state index contributed by atoms with van der Waals surface area (Å²) in [6.45, 7) is 13.7. The van der Waals surface area contributed by atoms with Crippen molar-refractivity contribution in [2.75, 3.05) is 31.6 Å². The van der Waals surface area contributed by atoms with E-state index in [2.05, 4.69) is 39.6 Å². The number of ether oxygens (including phenoxy) is 5. The molecule has 0 aliphatic carbocycles. The second kappa shape index (κ2) is 31.2. The fourth-order valence-electron chi connectivity index (χ4n) is 9.23. The van der Waals surface area contributed by atoms with Gasteiger partial charge in [-0.05, 0) is 101 Å². The maximum atomic E-state index is 13.6. The Morgan fingerprint density at radius 1 is 0.920 bits per heavy atom. The fourth-order valence-corrected chi connectivity index (χ4v) is 9.23. The van der Waals surface area contributed by atoms with Crippen molar-refractivity contribution in [2.45, 2.75) is 180 Å². The van der Waals surface area contributed by atoms with Gasteiger partial charge >= 0.3 is 18.1 Å². The Labute approximate surface area is 442 Å². The number of amides is 6. The second-order valence-corrected chi connectivity index (χ2v) is 20.6. The van der Waals surface area contributed by atoms with Crippen molar-refractivity contribution < 1.29 is 62.0 Å². The Morgan fingerprint density at radius 3 is 2.32 bits per heavy atom. The number of nitrogens with one attached hydrogen (secondary N) is 5. The molecule has 0 aromatic heterocycles. The van der Waals surface area contributed by atoms with E-state index >= 15 is 0 Å². The Morgan fingerprint density at radius 2 is 1.65 bits per heavy atom. The molecule has 3 aliphatic rings. The van der Waals surface area contributed by atoms with Crippen molar-refractivity contribution in [3.8, 4) is 0 Å². The van der Waals surface area contributed by atoms with Gasteiger partial charge in [0.05, 0.1) is 55.3 Å². The highest BCUT2D eigenvalue weighted by atomic mass is 16.6. The zero-order chi connectivity index (χ0) is 55.1. The molecule has 3 fully saturated rings. The third-order valence-corrected chi connectivity index (χ3v) is 13.5. The largest absolute Gasteiger partial charge is 0.459 e. The quantitative estimate of drug-likeness (QED) is 0.0164. The number of Topliss-reactive ketones (excluding diaryl/α,β-unsaturated/α-hetero) is 2. The van der Waals surface area contributed by atoms with E-state index in [0.29, 0.717) is 56.5 Å². The molecule has 1 spiro atoms. The summed E-state index contributed by atoms with van der Waals surface area (Å²) in [5.41, 5.74) is 12.5. The number of urea groups is 1. The standard InChI is InChI=1S/C55H83N7O13/c1-34(2)51(62-49(66)13-9-8-10-24-56)47(65)27-41(12-11-25-58-53(57)69)52(68)60-42-19-17-40(18-20-42)32-71-54(70)59-31-43(64)28-45-30-55(33-72-55)29-44(75-45)21-14-35(3)15-22-48-36(4)26-46(38(6)74-48)61-50(67)23-16-37(5)73-39(7)63/h14-21,23,34,36-38,41,44-46,48,51H,8-13,22,24-33,56H2,1-7H3,(H,59,70)(H,60,68)(H,61,67)(H,62,66)(H3,57,58,69)/b21-14+,23-16-,35-15+/t36-,37-,38+,41+,44+,45+,46+,48-,51-,55+/m0/s1. The molecule has 416 valence electrons. The van der Waals surface area contributed by atoms with Crippen LogP contribution < -0.4 is 38.1 Å². The third kappa shape index (κ3) is 23.2. The molecule has 9 N–H and O–H groups in total. The molecule has 6 amide bonds. The minimum absolute atomic E-state index is 0.0305. The highest BCUT2D eigenvalue weighted by Crippen LogP contribution is 2.43. The lowest BCUT2D eigenvalue weighted by Crippen LogP contribution is -2.50. The number of alkyl carbamates (subject to hydrolysis) is 1. The summed E-state index contributed by atoms with van der Waals surface area (Å²) in [6, 6.07) is 5.00. The first-order valence-corrected chi connectivity index (χ1v) is 26.5. The van der Waals surface area contributed by atoms with Crippen LogP contribution in [0.15, 0.2) is 60.2 Å². The number of primary amides is 1. The lowest BCUT2D eigenvalue weighted by atomic mass is 9.88. The van der Waals surface area contributed by atoms with Gasteiger partial charge in [-0.3, -0.25) is 28.8 Å². The predicted octanol–water partition coefficient (Wildman–Crippen LogP) is 5.51. The van der Waals surface area contributed by atoms with E-state index in [1.165, 1.54) is 13.0 Å². The van der Waals surface area contributed by atoms with Crippen LogP contribution >= 0.6 is 0 Å². The maximum absolute atomic E-state index is 13.6. The number of anilines is 1. The van der Waals surface area contributed by atoms with E-state index in [9.17, 15) is 38.4 Å². The number of unbranched alkanes of at least 4 members (excludes halogenated alkanes) is 2. The number of epoxide rings is 1. The molecule has 0 bridgehead atoms. The van der Waals surface area contributed by atoms with Crippen LogP contribution in [-0.4, -0.2) is 122 Å². The number of carbonyl (C=O) groups is 8. The zero-order valence-electron chi connectivity index (χ0n) is 45.0. The number of nitrogens with two attached hydrogens (primary N) is 2. The number of hydrogen-bond acceptors (Lipinski definition) is 14. The first kappa shape index (κ1) is 61.6. The monoisotopic (exact) mass is 1050 g/mol. The van der Waals surface area contributed by atoms with Crippen LogP contribution in [-0.2, 0) is 59.1 Å². The van der Waals surface area contributed by atoms with Crippen molar-refractivity contribution in [3.63, 3.8) is 0 Å². The summed E-state index contributed by atoms with van der Waals surface area (Å²) in [5, 5.41) is 13.7. The van der Waals surface area contributed by atoms with Gasteiger partial charge in [0.25, 0.3) is 0 Å². The minimum Gasteiger partial charge on any atom is -0.459 e. The molecule has 75 heavy (non-hydrogen) atoms. The molecular weight excluding hydrogens is 967 g/mol. The molecule has 20 nitrogen and oxygen atoms in total. The van der Waals surface area contributed by atoms with Crippen LogP contribution in [0.2, 0.25) is 0 Å². The number of benzene rings is 1. The van der Waals surface area contributed by atoms with E-state index in [0.717, 1.165) is 24.8 Å². The molecule has 20 heteroatoms. The number of esters is 1. The van der Waals surface area contributed by atoms with Gasteiger partial charge in [-0.25, -0.2) is 9.59 Å². The summed E-state index contributed by atoms with van der Waals surface area (Å²) in [4.78, 5) is 100. The number of carbonyl (C=O) groups excluding carboxylic acids is 8. The molecule has 4 rings (SSSR count). The van der Waals surface area contributed by atoms with Gasteiger partial charge in [-0.1, -0.05) is 63.1 Å². The van der Waals surface area contributed by atoms with Crippen molar-refractivity contribution in [2.24, 2.45) is 29.2 Å². The lowest BCUT2D eigenvalue weighted by molar-refractivity contribution is -0.143. The van der Waals surface area contributed by atoms with Gasteiger partial charge in [0.1, 0.15) is 12.7 Å². The Bertz CT molecular complexity index is 2180.